The number of hydrogen-bond donors (Lipinski definition) is 2. The number of pyridine rings is 1. The van der Waals surface area contributed by atoms with Crippen LogP contribution in [0.5, 0.6) is 0 Å². The van der Waals surface area contributed by atoms with E-state index < -0.39 is 0 Å². The van der Waals surface area contributed by atoms with Crippen molar-refractivity contribution in [1.82, 2.24) is 15.3 Å². The number of nitrogens with zero attached hydrogens (tertiary/aromatic N) is 1. The van der Waals surface area contributed by atoms with Crippen LogP contribution in [-0.2, 0) is 24.2 Å². The number of aryl methyl sites for hydroxylation is 1. The lowest BCUT2D eigenvalue weighted by molar-refractivity contribution is -0.125. The van der Waals surface area contributed by atoms with E-state index in [-0.39, 0.29) is 17.6 Å². The van der Waals surface area contributed by atoms with Crippen LogP contribution < -0.4 is 5.32 Å². The molecular weight excluding hydrogens is 305 g/mol. The average Bonchev–Trinajstić information content (AvgIpc) is 2.97. The minimum absolute atomic E-state index is 0.0585. The van der Waals surface area contributed by atoms with Gasteiger partial charge in [0.2, 0.25) is 5.91 Å². The van der Waals surface area contributed by atoms with Crippen molar-refractivity contribution < 1.29 is 9.18 Å². The number of benzene rings is 1. The largest absolute Gasteiger partial charge is 0.358 e. The van der Waals surface area contributed by atoms with Crippen molar-refractivity contribution in [3.8, 4) is 0 Å². The fourth-order valence-corrected chi connectivity index (χ4v) is 3.45. The van der Waals surface area contributed by atoms with Crippen LogP contribution in [0.15, 0.2) is 42.7 Å². The second-order valence-electron chi connectivity index (χ2n) is 6.29. The van der Waals surface area contributed by atoms with E-state index in [4.69, 9.17) is 0 Å². The number of nitrogens with one attached hydrogen (secondary N) is 2. The second-order valence-corrected chi connectivity index (χ2v) is 6.29. The molecule has 1 aromatic carbocycles. The maximum absolute atomic E-state index is 13.6. The fraction of sp³-hybridized carbons (Fsp3) is 0.263. The van der Waals surface area contributed by atoms with E-state index >= 15 is 0 Å². The number of rotatable bonds is 3. The van der Waals surface area contributed by atoms with Crippen LogP contribution in [0.4, 0.5) is 4.39 Å². The zero-order chi connectivity index (χ0) is 16.5. The van der Waals surface area contributed by atoms with Crippen molar-refractivity contribution in [1.29, 1.82) is 0 Å². The predicted molar refractivity (Wildman–Crippen MR) is 89.9 cm³/mol. The zero-order valence-electron chi connectivity index (χ0n) is 13.2. The van der Waals surface area contributed by atoms with E-state index in [1.807, 2.05) is 12.1 Å². The Balaban J connectivity index is 1.50. The lowest BCUT2D eigenvalue weighted by Crippen LogP contribution is -2.33. The van der Waals surface area contributed by atoms with Gasteiger partial charge in [0.15, 0.2) is 0 Å². The van der Waals surface area contributed by atoms with E-state index in [1.54, 1.807) is 24.5 Å². The minimum Gasteiger partial charge on any atom is -0.358 e. The Morgan fingerprint density at radius 3 is 2.96 bits per heavy atom. The molecule has 122 valence electrons. The molecule has 0 radical (unpaired) electrons. The maximum Gasteiger partial charge on any atom is 0.223 e. The molecular formula is C19H18FN3O. The number of hydrogen-bond acceptors (Lipinski definition) is 2. The molecule has 4 rings (SSSR count). The van der Waals surface area contributed by atoms with Crippen molar-refractivity contribution in [3.63, 3.8) is 0 Å². The van der Waals surface area contributed by atoms with Gasteiger partial charge in [0.1, 0.15) is 5.82 Å². The van der Waals surface area contributed by atoms with Crippen LogP contribution in [0.3, 0.4) is 0 Å². The minimum atomic E-state index is -0.242. The van der Waals surface area contributed by atoms with Crippen LogP contribution in [0.1, 0.15) is 23.2 Å². The van der Waals surface area contributed by atoms with E-state index in [0.717, 1.165) is 40.6 Å². The van der Waals surface area contributed by atoms with Gasteiger partial charge in [-0.3, -0.25) is 9.78 Å². The van der Waals surface area contributed by atoms with E-state index in [1.165, 1.54) is 6.07 Å². The molecule has 2 heterocycles. The van der Waals surface area contributed by atoms with Gasteiger partial charge >= 0.3 is 0 Å². The van der Waals surface area contributed by atoms with Gasteiger partial charge in [-0.05, 0) is 60.7 Å². The second kappa shape index (κ2) is 6.07. The number of carbonyl (C=O) groups excluding carboxylic acids is 1. The molecule has 0 spiro atoms. The summed E-state index contributed by atoms with van der Waals surface area (Å²) in [5.74, 6) is -0.251. The molecule has 0 saturated heterocycles. The lowest BCUT2D eigenvalue weighted by atomic mass is 9.86. The summed E-state index contributed by atoms with van der Waals surface area (Å²) in [4.78, 5) is 19.8. The Labute approximate surface area is 139 Å². The van der Waals surface area contributed by atoms with Gasteiger partial charge in [-0.1, -0.05) is 0 Å². The van der Waals surface area contributed by atoms with E-state index in [0.29, 0.717) is 13.0 Å². The summed E-state index contributed by atoms with van der Waals surface area (Å²) in [5, 5.41) is 3.90. The zero-order valence-corrected chi connectivity index (χ0v) is 13.2. The summed E-state index contributed by atoms with van der Waals surface area (Å²) in [7, 11) is 0. The van der Waals surface area contributed by atoms with Crippen molar-refractivity contribution in [2.45, 2.75) is 25.8 Å². The molecule has 1 unspecified atom stereocenters. The van der Waals surface area contributed by atoms with Crippen molar-refractivity contribution in [2.24, 2.45) is 5.92 Å². The Kier molecular flexibility index (Phi) is 3.76. The molecule has 5 heteroatoms. The molecule has 0 fully saturated rings. The highest BCUT2D eigenvalue weighted by molar-refractivity contribution is 5.87. The molecule has 3 aromatic rings. The van der Waals surface area contributed by atoms with Crippen LogP contribution in [0, 0.1) is 11.7 Å². The molecule has 2 aromatic heterocycles. The number of carbonyl (C=O) groups is 1. The molecule has 1 atom stereocenters. The highest BCUT2D eigenvalue weighted by Gasteiger charge is 2.27. The number of fused-ring (bicyclic) bond motifs is 3. The topological polar surface area (TPSA) is 57.8 Å². The molecule has 2 N–H and O–H groups in total. The standard InChI is InChI=1S/C19H18FN3O/c20-14-2-4-18-16(10-14)15-9-13(1-3-17(15)23-18)19(24)22-11-12-5-7-21-8-6-12/h2,4-8,10,13,23H,1,3,9,11H2,(H,22,24). The Morgan fingerprint density at radius 2 is 2.12 bits per heavy atom. The predicted octanol–water partition coefficient (Wildman–Crippen LogP) is 3.12. The normalized spacial score (nSPS) is 16.8. The number of H-pyrrole nitrogens is 1. The van der Waals surface area contributed by atoms with Gasteiger partial charge in [0.25, 0.3) is 0 Å². The van der Waals surface area contributed by atoms with Crippen LogP contribution in [0.25, 0.3) is 10.9 Å². The number of aromatic amines is 1. The molecule has 0 saturated carbocycles. The van der Waals surface area contributed by atoms with Gasteiger partial charge in [0, 0.05) is 41.5 Å². The van der Waals surface area contributed by atoms with E-state index in [2.05, 4.69) is 15.3 Å². The van der Waals surface area contributed by atoms with Crippen molar-refractivity contribution in [2.75, 3.05) is 0 Å². The smallest absolute Gasteiger partial charge is 0.223 e. The van der Waals surface area contributed by atoms with Crippen molar-refractivity contribution >= 4 is 16.8 Å². The molecule has 1 aliphatic rings. The molecule has 24 heavy (non-hydrogen) atoms. The third-order valence-electron chi connectivity index (χ3n) is 4.74. The molecule has 4 nitrogen and oxygen atoms in total. The summed E-state index contributed by atoms with van der Waals surface area (Å²) < 4.78 is 13.6. The van der Waals surface area contributed by atoms with Gasteiger partial charge < -0.3 is 10.3 Å². The first kappa shape index (κ1) is 14.9. The first-order valence-corrected chi connectivity index (χ1v) is 8.16. The molecule has 0 aliphatic heterocycles. The Morgan fingerprint density at radius 1 is 1.29 bits per heavy atom. The number of aromatic nitrogens is 2. The van der Waals surface area contributed by atoms with Crippen molar-refractivity contribution in [3.05, 3.63) is 65.4 Å². The van der Waals surface area contributed by atoms with Gasteiger partial charge in [-0.15, -0.1) is 0 Å². The average molecular weight is 323 g/mol. The lowest BCUT2D eigenvalue weighted by Gasteiger charge is -2.22. The molecule has 0 bridgehead atoms. The Bertz CT molecular complexity index is 888. The van der Waals surface area contributed by atoms with Crippen LogP contribution >= 0.6 is 0 Å². The van der Waals surface area contributed by atoms with Crippen LogP contribution in [0.2, 0.25) is 0 Å². The molecule has 1 amide bonds. The highest BCUT2D eigenvalue weighted by atomic mass is 19.1. The summed E-state index contributed by atoms with van der Waals surface area (Å²) in [5.41, 5.74) is 4.19. The summed E-state index contributed by atoms with van der Waals surface area (Å²) >= 11 is 0. The maximum atomic E-state index is 13.6. The number of halogens is 1. The fourth-order valence-electron chi connectivity index (χ4n) is 3.45. The molecule has 1 aliphatic carbocycles. The highest BCUT2D eigenvalue weighted by Crippen LogP contribution is 2.32. The van der Waals surface area contributed by atoms with Crippen LogP contribution in [-0.4, -0.2) is 15.9 Å². The van der Waals surface area contributed by atoms with E-state index in [9.17, 15) is 9.18 Å². The third kappa shape index (κ3) is 2.77. The van der Waals surface area contributed by atoms with Gasteiger partial charge in [0.05, 0.1) is 0 Å². The first-order valence-electron chi connectivity index (χ1n) is 8.16. The first-order chi connectivity index (χ1) is 11.7. The third-order valence-corrected chi connectivity index (χ3v) is 4.74. The Hall–Kier alpha value is -2.69. The summed E-state index contributed by atoms with van der Waals surface area (Å²) in [6.07, 6.45) is 5.72. The monoisotopic (exact) mass is 323 g/mol. The quantitative estimate of drug-likeness (QED) is 0.778. The SMILES string of the molecule is O=C(NCc1ccncc1)C1CCc2[nH]c3ccc(F)cc3c2C1. The van der Waals surface area contributed by atoms with Gasteiger partial charge in [-0.25, -0.2) is 4.39 Å². The number of amides is 1. The summed E-state index contributed by atoms with van der Waals surface area (Å²) in [6, 6.07) is 8.57. The summed E-state index contributed by atoms with van der Waals surface area (Å²) in [6.45, 7) is 0.507. The van der Waals surface area contributed by atoms with Gasteiger partial charge in [-0.2, -0.15) is 0 Å².